The summed E-state index contributed by atoms with van der Waals surface area (Å²) < 4.78 is 0. The first-order chi connectivity index (χ1) is 15.2. The SMILES string of the molecule is Cl.Cl.O=C1c2ccccc2C(=O)N1CCCCN1CCN(C2CCCc3ccccc32)CC1. The Hall–Kier alpha value is -1.92. The van der Waals surface area contributed by atoms with Gasteiger partial charge in [0.15, 0.2) is 0 Å². The van der Waals surface area contributed by atoms with Crippen molar-refractivity contribution in [1.82, 2.24) is 14.7 Å². The molecule has 178 valence electrons. The van der Waals surface area contributed by atoms with Gasteiger partial charge in [-0.3, -0.25) is 19.4 Å². The molecule has 3 aliphatic rings. The zero-order valence-corrected chi connectivity index (χ0v) is 20.6. The third-order valence-corrected chi connectivity index (χ3v) is 7.17. The van der Waals surface area contributed by atoms with Crippen molar-refractivity contribution < 1.29 is 9.59 Å². The minimum absolute atomic E-state index is 0. The summed E-state index contributed by atoms with van der Waals surface area (Å²) in [6.07, 6.45) is 5.66. The van der Waals surface area contributed by atoms with Crippen LogP contribution in [0.25, 0.3) is 0 Å². The summed E-state index contributed by atoms with van der Waals surface area (Å²) in [5.41, 5.74) is 4.18. The fourth-order valence-corrected chi connectivity index (χ4v) is 5.45. The van der Waals surface area contributed by atoms with E-state index in [2.05, 4.69) is 34.1 Å². The number of fused-ring (bicyclic) bond motifs is 2. The second kappa shape index (κ2) is 11.5. The fraction of sp³-hybridized carbons (Fsp3) is 0.462. The normalized spacial score (nSPS) is 20.6. The van der Waals surface area contributed by atoms with Crippen LogP contribution in [0.2, 0.25) is 0 Å². The number of amides is 2. The van der Waals surface area contributed by atoms with Crippen LogP contribution >= 0.6 is 24.8 Å². The Balaban J connectivity index is 0.00000153. The van der Waals surface area contributed by atoms with Crippen molar-refractivity contribution in [1.29, 1.82) is 0 Å². The number of nitrogens with zero attached hydrogens (tertiary/aromatic N) is 3. The van der Waals surface area contributed by atoms with E-state index in [4.69, 9.17) is 0 Å². The molecule has 5 nitrogen and oxygen atoms in total. The van der Waals surface area contributed by atoms with Crippen LogP contribution < -0.4 is 0 Å². The zero-order chi connectivity index (χ0) is 21.2. The van der Waals surface area contributed by atoms with Gasteiger partial charge in [-0.15, -0.1) is 24.8 Å². The van der Waals surface area contributed by atoms with Gasteiger partial charge in [-0.1, -0.05) is 36.4 Å². The number of hydrogen-bond acceptors (Lipinski definition) is 4. The van der Waals surface area contributed by atoms with Gasteiger partial charge in [-0.05, 0) is 61.9 Å². The van der Waals surface area contributed by atoms with E-state index in [0.717, 1.165) is 45.6 Å². The minimum Gasteiger partial charge on any atom is -0.301 e. The van der Waals surface area contributed by atoms with Gasteiger partial charge in [0.25, 0.3) is 11.8 Å². The second-order valence-electron chi connectivity index (χ2n) is 9.00. The molecule has 2 aromatic carbocycles. The first-order valence-corrected chi connectivity index (χ1v) is 11.7. The number of benzene rings is 2. The topological polar surface area (TPSA) is 43.9 Å². The molecular formula is C26H33Cl2N3O2. The van der Waals surface area contributed by atoms with Gasteiger partial charge in [0.1, 0.15) is 0 Å². The molecule has 1 aliphatic carbocycles. The van der Waals surface area contributed by atoms with Crippen molar-refractivity contribution in [2.45, 2.75) is 38.1 Å². The van der Waals surface area contributed by atoms with Gasteiger partial charge >= 0.3 is 0 Å². The summed E-state index contributed by atoms with van der Waals surface area (Å²) >= 11 is 0. The van der Waals surface area contributed by atoms with Crippen molar-refractivity contribution in [2.24, 2.45) is 0 Å². The van der Waals surface area contributed by atoms with Crippen LogP contribution in [0.3, 0.4) is 0 Å². The van der Waals surface area contributed by atoms with Crippen LogP contribution in [0.5, 0.6) is 0 Å². The smallest absolute Gasteiger partial charge is 0.261 e. The van der Waals surface area contributed by atoms with E-state index in [9.17, 15) is 9.59 Å². The lowest BCUT2D eigenvalue weighted by molar-refractivity contribution is 0.0645. The van der Waals surface area contributed by atoms with Gasteiger partial charge < -0.3 is 4.90 Å². The summed E-state index contributed by atoms with van der Waals surface area (Å²) in [4.78, 5) is 31.6. The molecule has 1 saturated heterocycles. The van der Waals surface area contributed by atoms with Crippen LogP contribution in [-0.2, 0) is 6.42 Å². The highest BCUT2D eigenvalue weighted by molar-refractivity contribution is 6.21. The number of aryl methyl sites for hydroxylation is 1. The number of halogens is 2. The summed E-state index contributed by atoms with van der Waals surface area (Å²) in [6.45, 7) is 6.01. The molecule has 0 bridgehead atoms. The molecule has 33 heavy (non-hydrogen) atoms. The standard InChI is InChI=1S/C26H31N3O2.2ClH/c30-25-22-11-3-4-12-23(22)26(31)29(25)15-6-5-14-27-16-18-28(19-17-27)24-13-7-9-20-8-1-2-10-21(20)24;;/h1-4,8,10-12,24H,5-7,9,13-19H2;2*1H. The quantitative estimate of drug-likeness (QED) is 0.439. The third-order valence-electron chi connectivity index (χ3n) is 7.17. The first-order valence-electron chi connectivity index (χ1n) is 11.7. The van der Waals surface area contributed by atoms with Crippen LogP contribution in [0.15, 0.2) is 48.5 Å². The molecule has 2 amide bonds. The molecule has 1 unspecified atom stereocenters. The molecule has 0 spiro atoms. The van der Waals surface area contributed by atoms with E-state index in [1.807, 2.05) is 12.1 Å². The predicted molar refractivity (Wildman–Crippen MR) is 136 cm³/mol. The zero-order valence-electron chi connectivity index (χ0n) is 18.9. The molecule has 7 heteroatoms. The van der Waals surface area contributed by atoms with Crippen LogP contribution in [0, 0.1) is 0 Å². The number of imide groups is 1. The first kappa shape index (κ1) is 25.7. The highest BCUT2D eigenvalue weighted by Gasteiger charge is 2.34. The number of rotatable bonds is 6. The van der Waals surface area contributed by atoms with Gasteiger partial charge in [0.2, 0.25) is 0 Å². The highest BCUT2D eigenvalue weighted by atomic mass is 35.5. The Morgan fingerprint density at radius 2 is 1.36 bits per heavy atom. The lowest BCUT2D eigenvalue weighted by atomic mass is 9.86. The lowest BCUT2D eigenvalue weighted by Gasteiger charge is -2.41. The van der Waals surface area contributed by atoms with Gasteiger partial charge in [0.05, 0.1) is 11.1 Å². The van der Waals surface area contributed by atoms with E-state index in [-0.39, 0.29) is 36.6 Å². The number of carbonyl (C=O) groups excluding carboxylic acids is 2. The molecule has 2 aromatic rings. The van der Waals surface area contributed by atoms with Gasteiger partial charge in [-0.2, -0.15) is 0 Å². The molecule has 1 fully saturated rings. The molecule has 0 N–H and O–H groups in total. The maximum Gasteiger partial charge on any atom is 0.261 e. The van der Waals surface area contributed by atoms with E-state index in [1.165, 1.54) is 29.7 Å². The molecule has 2 aliphatic heterocycles. The molecule has 1 atom stereocenters. The largest absolute Gasteiger partial charge is 0.301 e. The van der Waals surface area contributed by atoms with E-state index >= 15 is 0 Å². The van der Waals surface area contributed by atoms with Crippen LogP contribution in [-0.4, -0.2) is 65.8 Å². The third kappa shape index (κ3) is 5.27. The van der Waals surface area contributed by atoms with Crippen molar-refractivity contribution in [3.63, 3.8) is 0 Å². The maximum atomic E-state index is 12.5. The summed E-state index contributed by atoms with van der Waals surface area (Å²) in [5, 5.41) is 0. The van der Waals surface area contributed by atoms with Gasteiger partial charge in [0, 0.05) is 38.8 Å². The van der Waals surface area contributed by atoms with Crippen LogP contribution in [0.4, 0.5) is 0 Å². The van der Waals surface area contributed by atoms with Crippen molar-refractivity contribution >= 4 is 36.6 Å². The monoisotopic (exact) mass is 489 g/mol. The van der Waals surface area contributed by atoms with Crippen LogP contribution in [0.1, 0.15) is 63.6 Å². The van der Waals surface area contributed by atoms with E-state index < -0.39 is 0 Å². The summed E-state index contributed by atoms with van der Waals surface area (Å²) in [7, 11) is 0. The molecule has 5 rings (SSSR count). The molecule has 2 heterocycles. The highest BCUT2D eigenvalue weighted by Crippen LogP contribution is 2.34. The number of hydrogen-bond donors (Lipinski definition) is 0. The van der Waals surface area contributed by atoms with Crippen molar-refractivity contribution in [3.05, 3.63) is 70.8 Å². The maximum absolute atomic E-state index is 12.5. The Kier molecular flexibility index (Phi) is 8.94. The molecule has 0 saturated carbocycles. The molecule has 0 radical (unpaired) electrons. The summed E-state index contributed by atoms with van der Waals surface area (Å²) in [6, 6.07) is 16.7. The summed E-state index contributed by atoms with van der Waals surface area (Å²) in [5.74, 6) is -0.274. The number of carbonyl (C=O) groups is 2. The Morgan fingerprint density at radius 1 is 0.758 bits per heavy atom. The minimum atomic E-state index is -0.137. The lowest BCUT2D eigenvalue weighted by Crippen LogP contribution is -2.48. The second-order valence-corrected chi connectivity index (χ2v) is 9.00. The van der Waals surface area contributed by atoms with E-state index in [0.29, 0.717) is 23.7 Å². The predicted octanol–water partition coefficient (Wildman–Crippen LogP) is 4.60. The Labute approximate surface area is 208 Å². The Bertz CT molecular complexity index is 941. The van der Waals surface area contributed by atoms with Crippen molar-refractivity contribution in [2.75, 3.05) is 39.3 Å². The molecular weight excluding hydrogens is 457 g/mol. The average molecular weight is 490 g/mol. The molecule has 0 aromatic heterocycles. The van der Waals surface area contributed by atoms with Gasteiger partial charge in [-0.25, -0.2) is 0 Å². The fourth-order valence-electron chi connectivity index (χ4n) is 5.45. The average Bonchev–Trinajstić information content (AvgIpc) is 3.07. The number of unbranched alkanes of at least 4 members (excludes halogenated alkanes) is 1. The Morgan fingerprint density at radius 3 is 2.06 bits per heavy atom. The van der Waals surface area contributed by atoms with E-state index in [1.54, 1.807) is 17.7 Å². The van der Waals surface area contributed by atoms with Crippen molar-refractivity contribution in [3.8, 4) is 0 Å². The number of piperazine rings is 1.